The predicted octanol–water partition coefficient (Wildman–Crippen LogP) is 6.32. The van der Waals surface area contributed by atoms with E-state index in [1.165, 1.54) is 0 Å². The molecule has 0 spiro atoms. The van der Waals surface area contributed by atoms with Crippen molar-refractivity contribution in [3.8, 4) is 0 Å². The van der Waals surface area contributed by atoms with Crippen molar-refractivity contribution >= 4 is 76.6 Å². The lowest BCUT2D eigenvalue weighted by Crippen LogP contribution is -2.11. The van der Waals surface area contributed by atoms with Crippen LogP contribution in [0.1, 0.15) is 20.7 Å². The molecule has 140 valence electrons. The van der Waals surface area contributed by atoms with Crippen molar-refractivity contribution < 1.29 is 19.8 Å². The van der Waals surface area contributed by atoms with E-state index in [4.69, 9.17) is 0 Å². The highest BCUT2D eigenvalue weighted by Gasteiger charge is 2.28. The second kappa shape index (κ2) is 4.86. The molecule has 7 aromatic carbocycles. The fourth-order valence-electron chi connectivity index (χ4n) is 5.51. The highest BCUT2D eigenvalue weighted by molar-refractivity contribution is 6.46. The molecule has 2 N–H and O–H groups in total. The first-order valence-corrected chi connectivity index (χ1v) is 9.66. The zero-order valence-corrected chi connectivity index (χ0v) is 15.5. The van der Waals surface area contributed by atoms with Gasteiger partial charge in [-0.1, -0.05) is 60.7 Å². The van der Waals surface area contributed by atoms with Crippen molar-refractivity contribution in [1.29, 1.82) is 0 Å². The van der Waals surface area contributed by atoms with E-state index in [2.05, 4.69) is 24.3 Å². The molecule has 0 saturated carbocycles. The number of carboxylic acid groups (broad SMARTS) is 2. The maximum absolute atomic E-state index is 12.3. The monoisotopic (exact) mass is 388 g/mol. The normalized spacial score (nSPS) is 12.5. The van der Waals surface area contributed by atoms with Gasteiger partial charge in [-0.2, -0.15) is 0 Å². The lowest BCUT2D eigenvalue weighted by Gasteiger charge is -2.22. The van der Waals surface area contributed by atoms with E-state index < -0.39 is 11.9 Å². The molecule has 0 unspecified atom stereocenters. The van der Waals surface area contributed by atoms with Gasteiger partial charge in [0.05, 0.1) is 11.1 Å². The van der Waals surface area contributed by atoms with E-state index in [1.54, 1.807) is 12.1 Å². The van der Waals surface area contributed by atoms with Crippen LogP contribution in [0.5, 0.6) is 0 Å². The molecule has 4 heteroatoms. The summed E-state index contributed by atoms with van der Waals surface area (Å²) in [5.41, 5.74) is -0.287. The van der Waals surface area contributed by atoms with E-state index in [0.29, 0.717) is 10.8 Å². The Balaban J connectivity index is 2.02. The van der Waals surface area contributed by atoms with Gasteiger partial charge in [0.2, 0.25) is 0 Å². The molecular formula is C26H12O4. The fourth-order valence-corrected chi connectivity index (χ4v) is 5.51. The summed E-state index contributed by atoms with van der Waals surface area (Å²) in [5, 5.41) is 31.1. The number of benzene rings is 7. The minimum absolute atomic E-state index is 0.144. The van der Waals surface area contributed by atoms with Crippen LogP contribution in [0.25, 0.3) is 64.6 Å². The summed E-state index contributed by atoms with van der Waals surface area (Å²) in [4.78, 5) is 24.5. The van der Waals surface area contributed by atoms with E-state index in [1.807, 2.05) is 24.3 Å². The van der Waals surface area contributed by atoms with Crippen LogP contribution in [-0.4, -0.2) is 22.2 Å². The first-order valence-electron chi connectivity index (χ1n) is 9.66. The quantitative estimate of drug-likeness (QED) is 0.269. The SMILES string of the molecule is O=C(O)c1c(C(=O)O)c2ccc3ccc4ccc5ccc6ccc1c1c6c5c4c3c21. The summed E-state index contributed by atoms with van der Waals surface area (Å²) in [6, 6.07) is 19.8. The third kappa shape index (κ3) is 1.57. The molecule has 0 atom stereocenters. The predicted molar refractivity (Wildman–Crippen MR) is 119 cm³/mol. The van der Waals surface area contributed by atoms with E-state index >= 15 is 0 Å². The molecule has 0 aliphatic carbocycles. The average molecular weight is 388 g/mol. The van der Waals surface area contributed by atoms with Crippen LogP contribution in [0.4, 0.5) is 0 Å². The Labute approximate surface area is 168 Å². The molecule has 4 nitrogen and oxygen atoms in total. The van der Waals surface area contributed by atoms with Gasteiger partial charge in [0.25, 0.3) is 0 Å². The van der Waals surface area contributed by atoms with Gasteiger partial charge < -0.3 is 10.2 Å². The van der Waals surface area contributed by atoms with Crippen LogP contribution in [0.2, 0.25) is 0 Å². The zero-order chi connectivity index (χ0) is 20.3. The van der Waals surface area contributed by atoms with Crippen molar-refractivity contribution in [2.24, 2.45) is 0 Å². The molecule has 0 aromatic heterocycles. The fraction of sp³-hybridized carbons (Fsp3) is 0. The standard InChI is InChI=1S/C26H12O4/c27-25(28)23-15-9-7-13-5-3-11-1-2-12-4-6-14-8-10-16(24(23)26(29)30)22-20(14)18(12)17(11)19(13)21(15)22/h1-10H,(H,27,28)(H,29,30). The number of rotatable bonds is 2. The molecule has 0 amide bonds. The van der Waals surface area contributed by atoms with E-state index in [0.717, 1.165) is 53.9 Å². The van der Waals surface area contributed by atoms with Gasteiger partial charge in [0.15, 0.2) is 0 Å². The largest absolute Gasteiger partial charge is 0.478 e. The number of aromatic carboxylic acids is 2. The zero-order valence-electron chi connectivity index (χ0n) is 15.5. The minimum Gasteiger partial charge on any atom is -0.478 e. The summed E-state index contributed by atoms with van der Waals surface area (Å²) in [6.07, 6.45) is 0. The minimum atomic E-state index is -1.22. The second-order valence-corrected chi connectivity index (χ2v) is 7.93. The van der Waals surface area contributed by atoms with Gasteiger partial charge in [-0.25, -0.2) is 9.59 Å². The summed E-state index contributed by atoms with van der Waals surface area (Å²) >= 11 is 0. The van der Waals surface area contributed by atoms with Crippen molar-refractivity contribution in [2.45, 2.75) is 0 Å². The molecule has 7 rings (SSSR count). The van der Waals surface area contributed by atoms with Crippen LogP contribution < -0.4 is 0 Å². The molecule has 0 aliphatic heterocycles. The average Bonchev–Trinajstić information content (AvgIpc) is 2.75. The Kier molecular flexibility index (Phi) is 2.55. The van der Waals surface area contributed by atoms with Crippen molar-refractivity contribution in [3.05, 3.63) is 71.8 Å². The van der Waals surface area contributed by atoms with Gasteiger partial charge in [-0.05, 0) is 64.6 Å². The van der Waals surface area contributed by atoms with Gasteiger partial charge in [0.1, 0.15) is 0 Å². The third-order valence-electron chi connectivity index (χ3n) is 6.60. The van der Waals surface area contributed by atoms with Crippen molar-refractivity contribution in [2.75, 3.05) is 0 Å². The Morgan fingerprint density at radius 1 is 0.433 bits per heavy atom. The third-order valence-corrected chi connectivity index (χ3v) is 6.60. The molecule has 0 radical (unpaired) electrons. The highest BCUT2D eigenvalue weighted by atomic mass is 16.4. The van der Waals surface area contributed by atoms with Crippen LogP contribution in [0, 0.1) is 0 Å². The molecule has 0 saturated heterocycles. The highest BCUT2D eigenvalue weighted by Crippen LogP contribution is 2.49. The maximum atomic E-state index is 12.3. The van der Waals surface area contributed by atoms with Crippen LogP contribution in [0.3, 0.4) is 0 Å². The second-order valence-electron chi connectivity index (χ2n) is 7.93. The van der Waals surface area contributed by atoms with Gasteiger partial charge in [0, 0.05) is 0 Å². The Hall–Kier alpha value is -4.18. The Morgan fingerprint density at radius 2 is 0.700 bits per heavy atom. The summed E-state index contributed by atoms with van der Waals surface area (Å²) in [6.45, 7) is 0. The first-order chi connectivity index (χ1) is 14.6. The van der Waals surface area contributed by atoms with E-state index in [9.17, 15) is 19.8 Å². The Bertz CT molecular complexity index is 1700. The van der Waals surface area contributed by atoms with E-state index in [-0.39, 0.29) is 11.1 Å². The van der Waals surface area contributed by atoms with Gasteiger partial charge in [-0.3, -0.25) is 0 Å². The number of hydrogen-bond donors (Lipinski definition) is 2. The van der Waals surface area contributed by atoms with Crippen LogP contribution >= 0.6 is 0 Å². The molecule has 30 heavy (non-hydrogen) atoms. The first kappa shape index (κ1) is 15.7. The number of carbonyl (C=O) groups is 2. The van der Waals surface area contributed by atoms with Crippen molar-refractivity contribution in [1.82, 2.24) is 0 Å². The van der Waals surface area contributed by atoms with Crippen LogP contribution in [0.15, 0.2) is 60.7 Å². The summed E-state index contributed by atoms with van der Waals surface area (Å²) in [5.74, 6) is -2.45. The van der Waals surface area contributed by atoms with Crippen molar-refractivity contribution in [3.63, 3.8) is 0 Å². The Morgan fingerprint density at radius 3 is 1.00 bits per heavy atom. The smallest absolute Gasteiger partial charge is 0.337 e. The van der Waals surface area contributed by atoms with Gasteiger partial charge in [-0.15, -0.1) is 0 Å². The number of carboxylic acids is 2. The molecule has 7 aromatic rings. The van der Waals surface area contributed by atoms with Gasteiger partial charge >= 0.3 is 11.9 Å². The van der Waals surface area contributed by atoms with Crippen LogP contribution in [-0.2, 0) is 0 Å². The summed E-state index contributed by atoms with van der Waals surface area (Å²) < 4.78 is 0. The molecule has 0 aliphatic rings. The molecule has 0 heterocycles. The number of hydrogen-bond acceptors (Lipinski definition) is 2. The molecule has 0 bridgehead atoms. The lowest BCUT2D eigenvalue weighted by molar-refractivity contribution is 0.0655. The topological polar surface area (TPSA) is 74.6 Å². The lowest BCUT2D eigenvalue weighted by atomic mass is 9.80. The molecule has 0 fully saturated rings. The maximum Gasteiger partial charge on any atom is 0.337 e. The molecular weight excluding hydrogens is 376 g/mol. The summed E-state index contributed by atoms with van der Waals surface area (Å²) in [7, 11) is 0.